The average molecular weight is 402 g/mol. The summed E-state index contributed by atoms with van der Waals surface area (Å²) >= 11 is 0. The molecule has 9 heteroatoms. The summed E-state index contributed by atoms with van der Waals surface area (Å²) in [6.07, 6.45) is 0.912. The van der Waals surface area contributed by atoms with E-state index in [1.807, 2.05) is 18.2 Å². The molecule has 1 amide bonds. The lowest BCUT2D eigenvalue weighted by molar-refractivity contribution is -0.387. The molecule has 4 rings (SSSR count). The summed E-state index contributed by atoms with van der Waals surface area (Å²) in [5.41, 5.74) is 1.44. The highest BCUT2D eigenvalue weighted by atomic mass is 32.2. The van der Waals surface area contributed by atoms with Gasteiger partial charge in [-0.25, -0.2) is 12.7 Å². The van der Waals surface area contributed by atoms with Gasteiger partial charge in [0.25, 0.3) is 15.7 Å². The Morgan fingerprint density at radius 1 is 1.18 bits per heavy atom. The lowest BCUT2D eigenvalue weighted by Crippen LogP contribution is -2.52. The van der Waals surface area contributed by atoms with Gasteiger partial charge in [0, 0.05) is 12.5 Å². The molecule has 0 saturated carbocycles. The van der Waals surface area contributed by atoms with Crippen LogP contribution in [0.25, 0.3) is 0 Å². The first-order valence-electron chi connectivity index (χ1n) is 8.80. The largest absolute Gasteiger partial charge is 0.497 e. The zero-order valence-corrected chi connectivity index (χ0v) is 15.9. The third-order valence-electron chi connectivity index (χ3n) is 5.40. The Morgan fingerprint density at radius 3 is 2.64 bits per heavy atom. The van der Waals surface area contributed by atoms with Gasteiger partial charge < -0.3 is 4.74 Å². The predicted octanol–water partition coefficient (Wildman–Crippen LogP) is 2.62. The summed E-state index contributed by atoms with van der Waals surface area (Å²) in [5, 5.41) is 11.3. The first-order chi connectivity index (χ1) is 13.3. The van der Waals surface area contributed by atoms with Crippen LogP contribution in [-0.4, -0.2) is 36.7 Å². The van der Waals surface area contributed by atoms with Crippen LogP contribution in [-0.2, 0) is 21.2 Å². The van der Waals surface area contributed by atoms with Crippen molar-refractivity contribution >= 4 is 21.6 Å². The molecule has 2 aromatic carbocycles. The Balaban J connectivity index is 1.78. The maximum Gasteiger partial charge on any atom is 0.289 e. The van der Waals surface area contributed by atoms with Gasteiger partial charge in [-0.15, -0.1) is 0 Å². The van der Waals surface area contributed by atoms with E-state index in [0.717, 1.165) is 21.5 Å². The highest BCUT2D eigenvalue weighted by Crippen LogP contribution is 2.43. The van der Waals surface area contributed by atoms with Gasteiger partial charge >= 0.3 is 0 Å². The Bertz CT molecular complexity index is 1080. The zero-order chi connectivity index (χ0) is 20.1. The van der Waals surface area contributed by atoms with E-state index in [1.54, 1.807) is 7.11 Å². The molecule has 1 heterocycles. The van der Waals surface area contributed by atoms with E-state index < -0.39 is 37.5 Å². The number of hydrogen-bond acceptors (Lipinski definition) is 6. The quantitative estimate of drug-likeness (QED) is 0.575. The minimum Gasteiger partial charge on any atom is -0.497 e. The van der Waals surface area contributed by atoms with Crippen molar-refractivity contribution in [1.82, 2.24) is 4.31 Å². The van der Waals surface area contributed by atoms with Crippen molar-refractivity contribution in [3.8, 4) is 5.75 Å². The molecule has 0 radical (unpaired) electrons. The third-order valence-corrected chi connectivity index (χ3v) is 7.32. The summed E-state index contributed by atoms with van der Waals surface area (Å²) in [6, 6.07) is 10.2. The minimum absolute atomic E-state index is 0.0513. The summed E-state index contributed by atoms with van der Waals surface area (Å²) in [6.45, 7) is 0. The molecule has 0 N–H and O–H groups in total. The SMILES string of the molecule is COc1ccc2c(c1)C[C@@H]1C[C@H]2CC(=O)N1S(=O)(=O)c1ccccc1[N+](=O)[O-]. The second-order valence-corrected chi connectivity index (χ2v) is 8.76. The number of ether oxygens (including phenoxy) is 1. The topological polar surface area (TPSA) is 107 Å². The lowest BCUT2D eigenvalue weighted by Gasteiger charge is -2.42. The van der Waals surface area contributed by atoms with Crippen molar-refractivity contribution in [3.63, 3.8) is 0 Å². The fourth-order valence-corrected chi connectivity index (χ4v) is 5.98. The van der Waals surface area contributed by atoms with Crippen molar-refractivity contribution in [3.05, 3.63) is 63.7 Å². The molecule has 28 heavy (non-hydrogen) atoms. The Hall–Kier alpha value is -2.94. The minimum atomic E-state index is -4.35. The summed E-state index contributed by atoms with van der Waals surface area (Å²) in [7, 11) is -2.79. The molecule has 1 saturated heterocycles. The number of sulfonamides is 1. The molecular weight excluding hydrogens is 384 g/mol. The second-order valence-electron chi connectivity index (χ2n) is 6.98. The van der Waals surface area contributed by atoms with Crippen LogP contribution in [0.4, 0.5) is 5.69 Å². The molecule has 2 bridgehead atoms. The molecular formula is C19H18N2O6S. The molecule has 8 nitrogen and oxygen atoms in total. The average Bonchev–Trinajstić information content (AvgIpc) is 2.67. The van der Waals surface area contributed by atoms with E-state index >= 15 is 0 Å². The molecule has 2 aromatic rings. The van der Waals surface area contributed by atoms with Crippen molar-refractivity contribution in [2.45, 2.75) is 36.1 Å². The van der Waals surface area contributed by atoms with Crippen molar-refractivity contribution < 1.29 is 22.9 Å². The zero-order valence-electron chi connectivity index (χ0n) is 15.1. The number of rotatable bonds is 4. The number of nitrogens with zero attached hydrogens (tertiary/aromatic N) is 2. The van der Waals surface area contributed by atoms with Gasteiger partial charge in [-0.2, -0.15) is 0 Å². The van der Waals surface area contributed by atoms with E-state index in [1.165, 1.54) is 18.2 Å². The molecule has 2 atom stereocenters. The van der Waals surface area contributed by atoms with Gasteiger partial charge in [-0.3, -0.25) is 14.9 Å². The maximum absolute atomic E-state index is 13.2. The van der Waals surface area contributed by atoms with Gasteiger partial charge in [-0.05, 0) is 48.1 Å². The van der Waals surface area contributed by atoms with E-state index in [2.05, 4.69) is 0 Å². The van der Waals surface area contributed by atoms with Crippen LogP contribution < -0.4 is 4.74 Å². The number of carbonyl (C=O) groups is 1. The van der Waals surface area contributed by atoms with Crippen LogP contribution in [0.3, 0.4) is 0 Å². The van der Waals surface area contributed by atoms with Gasteiger partial charge in [0.2, 0.25) is 5.91 Å². The Labute approximate surface area is 161 Å². The number of methoxy groups -OCH3 is 1. The number of fused-ring (bicyclic) bond motifs is 4. The number of hydrogen-bond donors (Lipinski definition) is 0. The number of benzene rings is 2. The van der Waals surface area contributed by atoms with Gasteiger partial charge in [-0.1, -0.05) is 18.2 Å². The number of piperidine rings is 1. The Kier molecular flexibility index (Phi) is 4.34. The van der Waals surface area contributed by atoms with Crippen molar-refractivity contribution in [1.29, 1.82) is 0 Å². The molecule has 0 spiro atoms. The third kappa shape index (κ3) is 2.82. The van der Waals surface area contributed by atoms with Crippen LogP contribution in [0.1, 0.15) is 29.9 Å². The molecule has 2 aliphatic rings. The summed E-state index contributed by atoms with van der Waals surface area (Å²) in [4.78, 5) is 22.9. The number of para-hydroxylation sites is 1. The van der Waals surface area contributed by atoms with E-state index in [4.69, 9.17) is 4.74 Å². The number of amides is 1. The fraction of sp³-hybridized carbons (Fsp3) is 0.316. The highest BCUT2D eigenvalue weighted by Gasteiger charge is 2.46. The summed E-state index contributed by atoms with van der Waals surface area (Å²) < 4.78 is 32.6. The molecule has 1 aliphatic heterocycles. The second kappa shape index (κ2) is 6.59. The van der Waals surface area contributed by atoms with Gasteiger partial charge in [0.15, 0.2) is 4.90 Å². The Morgan fingerprint density at radius 2 is 1.93 bits per heavy atom. The van der Waals surface area contributed by atoms with E-state index in [9.17, 15) is 23.3 Å². The number of nitro groups is 1. The van der Waals surface area contributed by atoms with Crippen LogP contribution in [0.5, 0.6) is 5.75 Å². The van der Waals surface area contributed by atoms with Gasteiger partial charge in [0.05, 0.1) is 18.1 Å². The first kappa shape index (κ1) is 18.4. The number of carbonyl (C=O) groups excluding carboxylic acids is 1. The molecule has 0 unspecified atom stereocenters. The van der Waals surface area contributed by atoms with Crippen molar-refractivity contribution in [2.75, 3.05) is 7.11 Å². The molecule has 0 aromatic heterocycles. The fourth-order valence-electron chi connectivity index (χ4n) is 4.22. The van der Waals surface area contributed by atoms with Crippen molar-refractivity contribution in [2.24, 2.45) is 0 Å². The smallest absolute Gasteiger partial charge is 0.289 e. The van der Waals surface area contributed by atoms with Gasteiger partial charge in [0.1, 0.15) is 5.75 Å². The van der Waals surface area contributed by atoms with Crippen LogP contribution in [0, 0.1) is 10.1 Å². The molecule has 1 aliphatic carbocycles. The standard InChI is InChI=1S/C19H18N2O6S/c1-27-15-6-7-16-12(10-15)8-14-9-13(16)11-19(22)20(14)28(25,26)18-5-3-2-4-17(18)21(23)24/h2-7,10,13-14H,8-9,11H2,1H3/t13-,14+/m0/s1. The van der Waals surface area contributed by atoms with E-state index in [-0.39, 0.29) is 12.3 Å². The van der Waals surface area contributed by atoms with E-state index in [0.29, 0.717) is 18.6 Å². The summed E-state index contributed by atoms with van der Waals surface area (Å²) in [5.74, 6) is 0.0726. The molecule has 146 valence electrons. The normalized spacial score (nSPS) is 21.2. The molecule has 1 fully saturated rings. The lowest BCUT2D eigenvalue weighted by atomic mass is 9.76. The van der Waals surface area contributed by atoms with Crippen LogP contribution >= 0.6 is 0 Å². The number of nitro benzene ring substituents is 1. The van der Waals surface area contributed by atoms with Crippen LogP contribution in [0.2, 0.25) is 0 Å². The highest BCUT2D eigenvalue weighted by molar-refractivity contribution is 7.89. The first-order valence-corrected chi connectivity index (χ1v) is 10.2. The predicted molar refractivity (Wildman–Crippen MR) is 99.6 cm³/mol. The monoisotopic (exact) mass is 402 g/mol. The van der Waals surface area contributed by atoms with Crippen LogP contribution in [0.15, 0.2) is 47.4 Å². The maximum atomic E-state index is 13.2.